The van der Waals surface area contributed by atoms with E-state index in [1.807, 2.05) is 0 Å². The summed E-state index contributed by atoms with van der Waals surface area (Å²) < 4.78 is 0. The summed E-state index contributed by atoms with van der Waals surface area (Å²) in [4.78, 5) is 0. The molecule has 1 radical (unpaired) electrons. The number of hydrogen-bond acceptors (Lipinski definition) is 0. The third-order valence-electron chi connectivity index (χ3n) is 0. The van der Waals surface area contributed by atoms with Gasteiger partial charge in [0, 0.05) is 63.2 Å². The van der Waals surface area contributed by atoms with Crippen LogP contribution in [0.15, 0.2) is 0 Å². The third-order valence-corrected chi connectivity index (χ3v) is 0. The van der Waals surface area contributed by atoms with Crippen LogP contribution >= 0.6 is 0 Å². The van der Waals surface area contributed by atoms with E-state index in [1.54, 1.807) is 0 Å². The van der Waals surface area contributed by atoms with Gasteiger partial charge >= 0.3 is 0 Å². The monoisotopic (exact) mass is 308 g/mol. The normalized spacial score (nSPS) is 0. The molecule has 0 aromatic rings. The summed E-state index contributed by atoms with van der Waals surface area (Å²) in [5.74, 6) is 0. The van der Waals surface area contributed by atoms with Crippen LogP contribution in [0.1, 0.15) is 0 Å². The summed E-state index contributed by atoms with van der Waals surface area (Å²) in [6, 6.07) is 0. The first-order chi connectivity index (χ1) is 0. The van der Waals surface area contributed by atoms with Gasteiger partial charge in [-0.2, -0.15) is 0 Å². The minimum Gasteiger partial charge on any atom is -0.512 e. The molecule has 0 aliphatic heterocycles. The Morgan fingerprint density at radius 2 is 0.500 bits per heavy atom. The zero-order valence-corrected chi connectivity index (χ0v) is 7.95. The zero-order chi connectivity index (χ0) is 0. The van der Waals surface area contributed by atoms with Crippen LogP contribution in [-0.2, 0) is 63.2 Å². The van der Waals surface area contributed by atoms with Crippen molar-refractivity contribution in [2.75, 3.05) is 0 Å². The maximum Gasteiger partial charge on any atom is 0 e. The van der Waals surface area contributed by atoms with E-state index in [9.17, 15) is 0 Å². The Hall–Kier alpha value is 2.06. The molecule has 0 unspecified atom stereocenters. The van der Waals surface area contributed by atoms with Crippen LogP contribution < -0.4 is 0 Å². The van der Waals surface area contributed by atoms with E-state index in [-0.39, 0.29) is 70.6 Å². The Bertz CT molecular complexity index is 3.25. The molecule has 0 saturated heterocycles. The van der Waals surface area contributed by atoms with Crippen molar-refractivity contribution in [3.63, 3.8) is 0 Å². The van der Waals surface area contributed by atoms with Gasteiger partial charge in [-0.3, -0.25) is 0 Å². The van der Waals surface area contributed by atoms with Crippen molar-refractivity contribution < 1.29 is 63.2 Å². The van der Waals surface area contributed by atoms with Gasteiger partial charge < -0.3 is 7.43 Å². The second kappa shape index (κ2) is 19.6. The van der Waals surface area contributed by atoms with Gasteiger partial charge in [-0.05, 0) is 0 Å². The molecule has 0 amide bonds. The molecule has 0 N–H and O–H groups in total. The first-order valence-electron chi connectivity index (χ1n) is 0. The fourth-order valence-corrected chi connectivity index (χ4v) is 0. The van der Waals surface area contributed by atoms with Gasteiger partial charge in [-0.1, -0.05) is 0 Å². The molecule has 25 valence electrons. The Morgan fingerprint density at radius 1 is 0.500 bits per heavy atom. The maximum atomic E-state index is 0. The summed E-state index contributed by atoms with van der Waals surface area (Å²) in [6.07, 6.45) is 0. The Morgan fingerprint density at radius 3 is 0.500 bits per heavy atom. The molecule has 0 nitrogen and oxygen atoms in total. The molecule has 0 atom stereocenters. The van der Waals surface area contributed by atoms with Crippen LogP contribution in [0.3, 0.4) is 0 Å². The van der Waals surface area contributed by atoms with Gasteiger partial charge in [0.15, 0.2) is 0 Å². The average molecular weight is 302 g/mol. The van der Waals surface area contributed by atoms with Crippen molar-refractivity contribution in [1.29, 1.82) is 0 Å². The van der Waals surface area contributed by atoms with Crippen molar-refractivity contribution in [3.05, 3.63) is 7.43 Å². The minimum atomic E-state index is 0. The van der Waals surface area contributed by atoms with Crippen LogP contribution in [0.2, 0.25) is 0 Å². The van der Waals surface area contributed by atoms with Crippen molar-refractivity contribution >= 4 is 0 Å². The van der Waals surface area contributed by atoms with Gasteiger partial charge in [0.2, 0.25) is 0 Å². The predicted molar refractivity (Wildman–Crippen MR) is 5.36 cm³/mol. The third kappa shape index (κ3) is 8.96. The molecule has 0 saturated carbocycles. The molecule has 0 aromatic heterocycles. The predicted octanol–water partition coefficient (Wildman–Crippen LogP) is 0.320. The molecular weight excluding hydrogens is 300 g/mol. The van der Waals surface area contributed by atoms with E-state index in [0.29, 0.717) is 0 Å². The quantitative estimate of drug-likeness (QED) is 0.447. The van der Waals surface area contributed by atoms with E-state index < -0.39 is 0 Å². The average Bonchev–Trinajstić information content (AvgIpc) is 0. The van der Waals surface area contributed by atoms with Crippen molar-refractivity contribution in [2.45, 2.75) is 0 Å². The number of rotatable bonds is 0. The molecule has 0 aromatic carbocycles. The van der Waals surface area contributed by atoms with E-state index >= 15 is 0 Å². The Labute approximate surface area is 69.9 Å². The first-order valence-corrected chi connectivity index (χ1v) is 0. The fraction of sp³-hybridized carbons (Fsp3) is 0. The molecular formula is CH2Mo3-. The molecule has 4 heavy (non-hydrogen) atoms. The van der Waals surface area contributed by atoms with E-state index in [4.69, 9.17) is 0 Å². The van der Waals surface area contributed by atoms with Gasteiger partial charge in [0.05, 0.1) is 0 Å². The number of hydrogen-bond donors (Lipinski definition) is 0. The van der Waals surface area contributed by atoms with Gasteiger partial charge in [-0.25, -0.2) is 0 Å². The fourth-order valence-electron chi connectivity index (χ4n) is 0. The largest absolute Gasteiger partial charge is 0.512 e. The standard InChI is InChI=1S/CH2.3Mo/h1H2;;;/q-1;;;. The summed E-state index contributed by atoms with van der Waals surface area (Å²) in [5.41, 5.74) is 0. The van der Waals surface area contributed by atoms with Crippen LogP contribution in [-0.4, -0.2) is 0 Å². The SMILES string of the molecule is [CH2-].[Mo].[Mo].[Mo]. The summed E-state index contributed by atoms with van der Waals surface area (Å²) in [5, 5.41) is 0. The second-order valence-electron chi connectivity index (χ2n) is 0. The Kier molecular flexibility index (Phi) is 179. The smallest absolute Gasteiger partial charge is 0 e. The second-order valence-corrected chi connectivity index (χ2v) is 0. The van der Waals surface area contributed by atoms with E-state index in [0.717, 1.165) is 0 Å². The van der Waals surface area contributed by atoms with Crippen LogP contribution in [0.5, 0.6) is 0 Å². The van der Waals surface area contributed by atoms with Gasteiger partial charge in [0.1, 0.15) is 0 Å². The topological polar surface area (TPSA) is 0 Å². The van der Waals surface area contributed by atoms with Gasteiger partial charge in [-0.15, -0.1) is 0 Å². The molecule has 0 aliphatic rings. The molecule has 3 heteroatoms. The van der Waals surface area contributed by atoms with Crippen molar-refractivity contribution in [3.8, 4) is 0 Å². The summed E-state index contributed by atoms with van der Waals surface area (Å²) in [6.45, 7) is 0. The maximum absolute atomic E-state index is 0. The van der Waals surface area contributed by atoms with Crippen LogP contribution in [0.25, 0.3) is 0 Å². The molecule has 0 bridgehead atoms. The molecule has 0 fully saturated rings. The molecule has 0 spiro atoms. The minimum absolute atomic E-state index is 0. The first kappa shape index (κ1) is 36.5. The van der Waals surface area contributed by atoms with E-state index in [1.165, 1.54) is 0 Å². The molecule has 0 rings (SSSR count). The molecule has 0 heterocycles. The van der Waals surface area contributed by atoms with Gasteiger partial charge in [0.25, 0.3) is 0 Å². The van der Waals surface area contributed by atoms with Crippen molar-refractivity contribution in [2.24, 2.45) is 0 Å². The summed E-state index contributed by atoms with van der Waals surface area (Å²) in [7, 11) is 0. The summed E-state index contributed by atoms with van der Waals surface area (Å²) >= 11 is 0. The van der Waals surface area contributed by atoms with Crippen LogP contribution in [0, 0.1) is 7.43 Å². The van der Waals surface area contributed by atoms with Crippen LogP contribution in [0.4, 0.5) is 0 Å². The zero-order valence-electron chi connectivity index (χ0n) is 1.93. The van der Waals surface area contributed by atoms with E-state index in [2.05, 4.69) is 0 Å². The van der Waals surface area contributed by atoms with Crippen molar-refractivity contribution in [1.82, 2.24) is 0 Å². The Balaban J connectivity index is 0. The molecule has 0 aliphatic carbocycles.